The fraction of sp³-hybridized carbons (Fsp3) is 0.250. The third-order valence-corrected chi connectivity index (χ3v) is 4.61. The molecule has 2 aromatic rings. The van der Waals surface area contributed by atoms with Gasteiger partial charge in [-0.3, -0.25) is 9.38 Å². The Morgan fingerprint density at radius 1 is 1.23 bits per heavy atom. The van der Waals surface area contributed by atoms with Gasteiger partial charge >= 0.3 is 0 Å². The highest BCUT2D eigenvalue weighted by atomic mass is 127. The SMILES string of the molecule is Cc1cn2c(I)c(I)nc2c(C)n1. The largest absolute Gasteiger partial charge is 0.291 e. The minimum absolute atomic E-state index is 0.958. The number of hydrogen-bond donors (Lipinski definition) is 0. The van der Waals surface area contributed by atoms with Crippen LogP contribution in [0, 0.1) is 21.2 Å². The van der Waals surface area contributed by atoms with Crippen LogP contribution in [-0.4, -0.2) is 14.4 Å². The van der Waals surface area contributed by atoms with E-state index in [-0.39, 0.29) is 0 Å². The Morgan fingerprint density at radius 3 is 2.62 bits per heavy atom. The van der Waals surface area contributed by atoms with Crippen LogP contribution in [0.2, 0.25) is 0 Å². The molecule has 2 heterocycles. The van der Waals surface area contributed by atoms with E-state index in [2.05, 4.69) is 59.6 Å². The summed E-state index contributed by atoms with van der Waals surface area (Å²) in [6, 6.07) is 0. The average Bonchev–Trinajstić information content (AvgIpc) is 2.32. The maximum atomic E-state index is 4.43. The van der Waals surface area contributed by atoms with Crippen LogP contribution in [-0.2, 0) is 0 Å². The lowest BCUT2D eigenvalue weighted by Crippen LogP contribution is -1.95. The minimum atomic E-state index is 0.958. The molecule has 0 N–H and O–H groups in total. The van der Waals surface area contributed by atoms with Gasteiger partial charge in [-0.2, -0.15) is 0 Å². The van der Waals surface area contributed by atoms with Gasteiger partial charge in [-0.15, -0.1) is 0 Å². The molecule has 5 heteroatoms. The second-order valence-electron chi connectivity index (χ2n) is 2.85. The highest BCUT2D eigenvalue weighted by molar-refractivity contribution is 14.1. The molecular weight excluding hydrogens is 392 g/mol. The van der Waals surface area contributed by atoms with Gasteiger partial charge in [0, 0.05) is 6.20 Å². The molecule has 0 radical (unpaired) electrons. The Bertz CT molecular complexity index is 476. The summed E-state index contributed by atoms with van der Waals surface area (Å²) in [5, 5.41) is 0. The van der Waals surface area contributed by atoms with Crippen LogP contribution in [0.1, 0.15) is 11.4 Å². The number of nitrogens with zero attached hydrogens (tertiary/aromatic N) is 3. The van der Waals surface area contributed by atoms with Crippen molar-refractivity contribution in [1.29, 1.82) is 0 Å². The summed E-state index contributed by atoms with van der Waals surface area (Å²) in [5.74, 6) is 0. The number of halogens is 2. The Balaban J connectivity index is 2.94. The molecule has 0 aliphatic carbocycles. The van der Waals surface area contributed by atoms with Crippen molar-refractivity contribution in [2.24, 2.45) is 0 Å². The highest BCUT2D eigenvalue weighted by Crippen LogP contribution is 2.18. The Hall–Kier alpha value is 0.0800. The van der Waals surface area contributed by atoms with E-state index >= 15 is 0 Å². The third-order valence-electron chi connectivity index (χ3n) is 1.80. The summed E-state index contributed by atoms with van der Waals surface area (Å²) in [5.41, 5.74) is 2.97. The number of aryl methyl sites for hydroxylation is 2. The van der Waals surface area contributed by atoms with E-state index in [9.17, 15) is 0 Å². The van der Waals surface area contributed by atoms with Gasteiger partial charge in [-0.1, -0.05) is 0 Å². The predicted molar refractivity (Wildman–Crippen MR) is 67.9 cm³/mol. The van der Waals surface area contributed by atoms with Gasteiger partial charge in [-0.05, 0) is 59.0 Å². The molecule has 0 fully saturated rings. The number of imidazole rings is 1. The summed E-state index contributed by atoms with van der Waals surface area (Å²) in [6.07, 6.45) is 2.01. The van der Waals surface area contributed by atoms with E-state index in [1.165, 1.54) is 0 Å². The first kappa shape index (κ1) is 9.63. The lowest BCUT2D eigenvalue weighted by molar-refractivity contribution is 1.01. The van der Waals surface area contributed by atoms with Crippen LogP contribution in [0.25, 0.3) is 5.65 Å². The zero-order valence-corrected chi connectivity index (χ0v) is 11.5. The minimum Gasteiger partial charge on any atom is -0.291 e. The van der Waals surface area contributed by atoms with Crippen molar-refractivity contribution in [2.75, 3.05) is 0 Å². The normalized spacial score (nSPS) is 11.1. The van der Waals surface area contributed by atoms with E-state index in [4.69, 9.17) is 0 Å². The number of rotatable bonds is 0. The maximum absolute atomic E-state index is 4.43. The second-order valence-corrected chi connectivity index (χ2v) is 4.90. The van der Waals surface area contributed by atoms with E-state index in [1.54, 1.807) is 0 Å². The Kier molecular flexibility index (Phi) is 2.47. The molecule has 0 aliphatic rings. The van der Waals surface area contributed by atoms with Crippen molar-refractivity contribution in [3.63, 3.8) is 0 Å². The maximum Gasteiger partial charge on any atom is 0.160 e. The van der Waals surface area contributed by atoms with Crippen molar-refractivity contribution in [3.8, 4) is 0 Å². The quantitative estimate of drug-likeness (QED) is 0.638. The van der Waals surface area contributed by atoms with Crippen LogP contribution in [0.3, 0.4) is 0 Å². The number of hydrogen-bond acceptors (Lipinski definition) is 2. The molecule has 0 atom stereocenters. The van der Waals surface area contributed by atoms with Crippen LogP contribution >= 0.6 is 45.2 Å². The average molecular weight is 399 g/mol. The smallest absolute Gasteiger partial charge is 0.160 e. The second kappa shape index (κ2) is 3.34. The van der Waals surface area contributed by atoms with Crippen molar-refractivity contribution < 1.29 is 0 Å². The fourth-order valence-corrected chi connectivity index (χ4v) is 2.27. The number of fused-ring (bicyclic) bond motifs is 1. The summed E-state index contributed by atoms with van der Waals surface area (Å²) >= 11 is 4.53. The standard InChI is InChI=1S/C8H7I2N3/c1-4-3-13-7(10)6(9)12-8(13)5(2)11-4/h3H,1-2H3. The molecule has 2 aromatic heterocycles. The topological polar surface area (TPSA) is 30.2 Å². The molecule has 0 saturated heterocycles. The molecule has 0 spiro atoms. The third kappa shape index (κ3) is 1.56. The van der Waals surface area contributed by atoms with Crippen LogP contribution in [0.5, 0.6) is 0 Å². The number of aromatic nitrogens is 3. The molecule has 2 rings (SSSR count). The lowest BCUT2D eigenvalue weighted by atomic mass is 10.4. The Labute approximate surface area is 103 Å². The first-order valence-corrected chi connectivity index (χ1v) is 5.92. The Morgan fingerprint density at radius 2 is 1.92 bits per heavy atom. The fourth-order valence-electron chi connectivity index (χ4n) is 1.29. The molecule has 0 bridgehead atoms. The van der Waals surface area contributed by atoms with Crippen molar-refractivity contribution in [1.82, 2.24) is 14.4 Å². The van der Waals surface area contributed by atoms with Crippen molar-refractivity contribution >= 4 is 50.8 Å². The van der Waals surface area contributed by atoms with E-state index < -0.39 is 0 Å². The van der Waals surface area contributed by atoms with Gasteiger partial charge < -0.3 is 0 Å². The van der Waals surface area contributed by atoms with E-state index in [1.807, 2.05) is 20.0 Å². The predicted octanol–water partition coefficient (Wildman–Crippen LogP) is 2.56. The zero-order valence-electron chi connectivity index (χ0n) is 7.17. The van der Waals surface area contributed by atoms with Crippen LogP contribution in [0.4, 0.5) is 0 Å². The lowest BCUT2D eigenvalue weighted by Gasteiger charge is -1.99. The van der Waals surface area contributed by atoms with Gasteiger partial charge in [-0.25, -0.2) is 4.98 Å². The highest BCUT2D eigenvalue weighted by Gasteiger charge is 2.09. The van der Waals surface area contributed by atoms with Gasteiger partial charge in [0.25, 0.3) is 0 Å². The summed E-state index contributed by atoms with van der Waals surface area (Å²) in [6.45, 7) is 3.98. The first-order valence-electron chi connectivity index (χ1n) is 3.77. The molecule has 0 aromatic carbocycles. The molecular formula is C8H7I2N3. The molecule has 0 aliphatic heterocycles. The molecule has 0 saturated carbocycles. The van der Waals surface area contributed by atoms with Gasteiger partial charge in [0.1, 0.15) is 7.40 Å². The van der Waals surface area contributed by atoms with Gasteiger partial charge in [0.05, 0.1) is 11.4 Å². The summed E-state index contributed by atoms with van der Waals surface area (Å²) in [4.78, 5) is 8.80. The molecule has 0 amide bonds. The monoisotopic (exact) mass is 399 g/mol. The van der Waals surface area contributed by atoms with Gasteiger partial charge in [0.2, 0.25) is 0 Å². The zero-order chi connectivity index (χ0) is 9.59. The van der Waals surface area contributed by atoms with Crippen molar-refractivity contribution in [3.05, 3.63) is 25.0 Å². The molecule has 68 valence electrons. The molecule has 3 nitrogen and oxygen atoms in total. The van der Waals surface area contributed by atoms with Gasteiger partial charge in [0.15, 0.2) is 5.65 Å². The molecule has 0 unspecified atom stereocenters. The van der Waals surface area contributed by atoms with Crippen LogP contribution in [0.15, 0.2) is 6.20 Å². The summed E-state index contributed by atoms with van der Waals surface area (Å²) < 4.78 is 4.27. The van der Waals surface area contributed by atoms with E-state index in [0.717, 1.165) is 24.4 Å². The molecule has 13 heavy (non-hydrogen) atoms. The van der Waals surface area contributed by atoms with Crippen LogP contribution < -0.4 is 0 Å². The van der Waals surface area contributed by atoms with E-state index in [0.29, 0.717) is 0 Å². The first-order chi connectivity index (χ1) is 6.09. The van der Waals surface area contributed by atoms with Crippen molar-refractivity contribution in [2.45, 2.75) is 13.8 Å². The summed E-state index contributed by atoms with van der Waals surface area (Å²) in [7, 11) is 0.